The van der Waals surface area contributed by atoms with Crippen molar-refractivity contribution in [1.29, 1.82) is 0 Å². The van der Waals surface area contributed by atoms with E-state index in [9.17, 15) is 14.4 Å². The summed E-state index contributed by atoms with van der Waals surface area (Å²) in [5.74, 6) is 0.616. The van der Waals surface area contributed by atoms with Crippen LogP contribution >= 0.6 is 0 Å². The van der Waals surface area contributed by atoms with Crippen molar-refractivity contribution >= 4 is 23.3 Å². The van der Waals surface area contributed by atoms with Crippen LogP contribution < -0.4 is 15.4 Å². The Bertz CT molecular complexity index is 1020. The van der Waals surface area contributed by atoms with Gasteiger partial charge in [-0.15, -0.1) is 0 Å². The van der Waals surface area contributed by atoms with E-state index in [1.807, 2.05) is 42.5 Å². The molecule has 0 aliphatic rings. The SMILES string of the molecule is O=C(CCC(=O)c1ccccc1)NCCC(=O)Nc1ccccc1Oc1ccccc1. The number of hydrogen-bond acceptors (Lipinski definition) is 4. The molecule has 3 rings (SSSR count). The fourth-order valence-corrected chi connectivity index (χ4v) is 2.89. The van der Waals surface area contributed by atoms with Gasteiger partial charge in [0.05, 0.1) is 5.69 Å². The summed E-state index contributed by atoms with van der Waals surface area (Å²) in [5, 5.41) is 5.48. The van der Waals surface area contributed by atoms with Crippen LogP contribution in [-0.2, 0) is 9.59 Å². The number of para-hydroxylation sites is 3. The van der Waals surface area contributed by atoms with Crippen LogP contribution in [0.15, 0.2) is 84.9 Å². The van der Waals surface area contributed by atoms with E-state index in [2.05, 4.69) is 10.6 Å². The number of amides is 2. The summed E-state index contributed by atoms with van der Waals surface area (Å²) in [6.07, 6.45) is 0.327. The summed E-state index contributed by atoms with van der Waals surface area (Å²) in [7, 11) is 0. The number of Topliss-reactive ketones (excluding diaryl/α,β-unsaturated/α-hetero) is 1. The lowest BCUT2D eigenvalue weighted by atomic mass is 10.1. The zero-order chi connectivity index (χ0) is 21.9. The quantitative estimate of drug-likeness (QED) is 0.474. The lowest BCUT2D eigenvalue weighted by Gasteiger charge is -2.12. The molecule has 6 nitrogen and oxygen atoms in total. The molecule has 31 heavy (non-hydrogen) atoms. The Kier molecular flexibility index (Phi) is 7.94. The van der Waals surface area contributed by atoms with Gasteiger partial charge in [-0.2, -0.15) is 0 Å². The highest BCUT2D eigenvalue weighted by molar-refractivity contribution is 5.98. The number of rotatable bonds is 10. The molecule has 0 spiro atoms. The van der Waals surface area contributed by atoms with Gasteiger partial charge >= 0.3 is 0 Å². The second-order valence-corrected chi connectivity index (χ2v) is 6.85. The van der Waals surface area contributed by atoms with Crippen molar-refractivity contribution in [3.8, 4) is 11.5 Å². The van der Waals surface area contributed by atoms with Crippen molar-refractivity contribution < 1.29 is 19.1 Å². The third-order valence-electron chi connectivity index (χ3n) is 4.48. The highest BCUT2D eigenvalue weighted by Crippen LogP contribution is 2.29. The van der Waals surface area contributed by atoms with Gasteiger partial charge in [-0.25, -0.2) is 0 Å². The molecule has 3 aromatic carbocycles. The molecular weight excluding hydrogens is 392 g/mol. The van der Waals surface area contributed by atoms with E-state index < -0.39 is 0 Å². The number of hydrogen-bond donors (Lipinski definition) is 2. The second kappa shape index (κ2) is 11.3. The predicted octanol–water partition coefficient (Wildman–Crippen LogP) is 4.59. The van der Waals surface area contributed by atoms with Gasteiger partial charge in [-0.1, -0.05) is 60.7 Å². The van der Waals surface area contributed by atoms with Crippen LogP contribution in [0.4, 0.5) is 5.69 Å². The summed E-state index contributed by atoms with van der Waals surface area (Å²) in [6.45, 7) is 0.186. The molecule has 2 N–H and O–H groups in total. The minimum atomic E-state index is -0.259. The van der Waals surface area contributed by atoms with E-state index in [0.29, 0.717) is 22.7 Å². The van der Waals surface area contributed by atoms with Gasteiger partial charge in [0.1, 0.15) is 5.75 Å². The third kappa shape index (κ3) is 7.12. The Morgan fingerprint density at radius 2 is 1.32 bits per heavy atom. The topological polar surface area (TPSA) is 84.5 Å². The van der Waals surface area contributed by atoms with Crippen LogP contribution in [0.2, 0.25) is 0 Å². The van der Waals surface area contributed by atoms with Crippen molar-refractivity contribution in [2.75, 3.05) is 11.9 Å². The normalized spacial score (nSPS) is 10.2. The second-order valence-electron chi connectivity index (χ2n) is 6.85. The molecular formula is C25H24N2O4. The molecule has 3 aromatic rings. The summed E-state index contributed by atoms with van der Waals surface area (Å²) < 4.78 is 5.83. The lowest BCUT2D eigenvalue weighted by molar-refractivity contribution is -0.121. The smallest absolute Gasteiger partial charge is 0.226 e. The molecule has 0 fully saturated rings. The summed E-state index contributed by atoms with van der Waals surface area (Å²) >= 11 is 0. The molecule has 6 heteroatoms. The maximum absolute atomic E-state index is 12.3. The van der Waals surface area contributed by atoms with Crippen molar-refractivity contribution in [3.05, 3.63) is 90.5 Å². The molecule has 0 saturated heterocycles. The zero-order valence-electron chi connectivity index (χ0n) is 17.0. The molecule has 0 aromatic heterocycles. The van der Waals surface area contributed by atoms with Gasteiger partial charge in [-0.3, -0.25) is 14.4 Å². The van der Waals surface area contributed by atoms with E-state index in [1.165, 1.54) is 0 Å². The molecule has 2 amide bonds. The standard InChI is InChI=1S/C25H24N2O4/c28-22(19-9-3-1-4-10-19)15-16-24(29)26-18-17-25(30)27-21-13-7-8-14-23(21)31-20-11-5-2-6-12-20/h1-14H,15-18H2,(H,26,29)(H,27,30). The highest BCUT2D eigenvalue weighted by atomic mass is 16.5. The van der Waals surface area contributed by atoms with Crippen LogP contribution in [-0.4, -0.2) is 24.1 Å². The maximum Gasteiger partial charge on any atom is 0.226 e. The van der Waals surface area contributed by atoms with Gasteiger partial charge in [0.15, 0.2) is 11.5 Å². The number of ketones is 1. The van der Waals surface area contributed by atoms with Crippen molar-refractivity contribution in [3.63, 3.8) is 0 Å². The minimum absolute atomic E-state index is 0.0801. The molecule has 0 radical (unpaired) electrons. The van der Waals surface area contributed by atoms with Crippen LogP contribution in [0.25, 0.3) is 0 Å². The molecule has 0 aliphatic heterocycles. The van der Waals surface area contributed by atoms with E-state index in [-0.39, 0.29) is 43.4 Å². The zero-order valence-corrected chi connectivity index (χ0v) is 17.0. The Balaban J connectivity index is 1.41. The van der Waals surface area contributed by atoms with E-state index in [1.54, 1.807) is 42.5 Å². The predicted molar refractivity (Wildman–Crippen MR) is 119 cm³/mol. The van der Waals surface area contributed by atoms with E-state index >= 15 is 0 Å². The summed E-state index contributed by atoms with van der Waals surface area (Å²) in [4.78, 5) is 36.3. The average Bonchev–Trinajstić information content (AvgIpc) is 2.80. The highest BCUT2D eigenvalue weighted by Gasteiger charge is 2.11. The third-order valence-corrected chi connectivity index (χ3v) is 4.48. The van der Waals surface area contributed by atoms with Gasteiger partial charge in [0.2, 0.25) is 11.8 Å². The van der Waals surface area contributed by atoms with Crippen molar-refractivity contribution in [2.24, 2.45) is 0 Å². The van der Waals surface area contributed by atoms with Gasteiger partial charge in [0.25, 0.3) is 0 Å². The van der Waals surface area contributed by atoms with Crippen LogP contribution in [0.3, 0.4) is 0 Å². The Hall–Kier alpha value is -3.93. The van der Waals surface area contributed by atoms with E-state index in [0.717, 1.165) is 0 Å². The van der Waals surface area contributed by atoms with Crippen LogP contribution in [0.5, 0.6) is 11.5 Å². The minimum Gasteiger partial charge on any atom is -0.455 e. The van der Waals surface area contributed by atoms with Crippen molar-refractivity contribution in [1.82, 2.24) is 5.32 Å². The number of carbonyl (C=O) groups is 3. The Labute approximate surface area is 181 Å². The first-order chi connectivity index (χ1) is 15.1. The summed E-state index contributed by atoms with van der Waals surface area (Å²) in [5.41, 5.74) is 1.14. The average molecular weight is 416 g/mol. The fraction of sp³-hybridized carbons (Fsp3) is 0.160. The number of benzene rings is 3. The monoisotopic (exact) mass is 416 g/mol. The van der Waals surface area contributed by atoms with E-state index in [4.69, 9.17) is 4.74 Å². The number of ether oxygens (including phenoxy) is 1. The molecule has 0 bridgehead atoms. The van der Waals surface area contributed by atoms with Gasteiger partial charge < -0.3 is 15.4 Å². The molecule has 0 unspecified atom stereocenters. The van der Waals surface area contributed by atoms with Gasteiger partial charge in [0, 0.05) is 31.4 Å². The Morgan fingerprint density at radius 1 is 0.677 bits per heavy atom. The maximum atomic E-state index is 12.3. The molecule has 0 heterocycles. The number of nitrogens with one attached hydrogen (secondary N) is 2. The lowest BCUT2D eigenvalue weighted by Crippen LogP contribution is -2.28. The first-order valence-corrected chi connectivity index (χ1v) is 10.1. The van der Waals surface area contributed by atoms with Crippen LogP contribution in [0, 0.1) is 0 Å². The first-order valence-electron chi connectivity index (χ1n) is 10.1. The van der Waals surface area contributed by atoms with Crippen LogP contribution in [0.1, 0.15) is 29.6 Å². The number of carbonyl (C=O) groups excluding carboxylic acids is 3. The Morgan fingerprint density at radius 3 is 2.06 bits per heavy atom. The number of anilines is 1. The molecule has 0 atom stereocenters. The molecule has 0 aliphatic carbocycles. The fourth-order valence-electron chi connectivity index (χ4n) is 2.89. The molecule has 0 saturated carbocycles. The van der Waals surface area contributed by atoms with Crippen molar-refractivity contribution in [2.45, 2.75) is 19.3 Å². The van der Waals surface area contributed by atoms with Gasteiger partial charge in [-0.05, 0) is 24.3 Å². The summed E-state index contributed by atoms with van der Waals surface area (Å²) in [6, 6.07) is 25.3. The largest absolute Gasteiger partial charge is 0.455 e. The first kappa shape index (κ1) is 21.8. The molecule has 158 valence electrons.